The van der Waals surface area contributed by atoms with Gasteiger partial charge in [0, 0.05) is 30.5 Å². The Morgan fingerprint density at radius 1 is 1.35 bits per heavy atom. The average Bonchev–Trinajstić information content (AvgIpc) is 2.91. The van der Waals surface area contributed by atoms with Crippen molar-refractivity contribution >= 4 is 5.69 Å². The van der Waals surface area contributed by atoms with E-state index in [1.54, 1.807) is 18.6 Å². The Morgan fingerprint density at radius 2 is 2.15 bits per heavy atom. The van der Waals surface area contributed by atoms with Gasteiger partial charge >= 0.3 is 6.18 Å². The number of nitriles is 1. The maximum atomic E-state index is 12.8. The fourth-order valence-electron chi connectivity index (χ4n) is 1.75. The molecule has 1 heterocycles. The number of rotatable bonds is 4. The summed E-state index contributed by atoms with van der Waals surface area (Å²) in [5.74, 6) is 0. The van der Waals surface area contributed by atoms with Gasteiger partial charge in [-0.25, -0.2) is 4.98 Å². The second kappa shape index (κ2) is 5.65. The first-order valence-electron chi connectivity index (χ1n) is 5.83. The molecule has 104 valence electrons. The molecule has 7 heteroatoms. The Labute approximate surface area is 113 Å². The van der Waals surface area contributed by atoms with Gasteiger partial charge in [-0.1, -0.05) is 0 Å². The molecular formula is C13H11F3N4. The smallest absolute Gasteiger partial charge is 0.385 e. The maximum Gasteiger partial charge on any atom is 0.417 e. The topological polar surface area (TPSA) is 64.5 Å². The zero-order valence-corrected chi connectivity index (χ0v) is 10.3. The fourth-order valence-corrected chi connectivity index (χ4v) is 1.75. The van der Waals surface area contributed by atoms with E-state index in [4.69, 9.17) is 5.26 Å². The average molecular weight is 280 g/mol. The first-order valence-corrected chi connectivity index (χ1v) is 5.83. The monoisotopic (exact) mass is 280 g/mol. The first-order chi connectivity index (χ1) is 9.50. The van der Waals surface area contributed by atoms with Crippen molar-refractivity contribution in [1.29, 1.82) is 5.26 Å². The van der Waals surface area contributed by atoms with Gasteiger partial charge in [-0.05, 0) is 18.2 Å². The van der Waals surface area contributed by atoms with Crippen LogP contribution in [0.2, 0.25) is 0 Å². The van der Waals surface area contributed by atoms with Crippen LogP contribution < -0.4 is 5.32 Å². The highest BCUT2D eigenvalue weighted by Gasteiger charge is 2.33. The molecule has 20 heavy (non-hydrogen) atoms. The highest BCUT2D eigenvalue weighted by molar-refractivity contribution is 5.53. The summed E-state index contributed by atoms with van der Waals surface area (Å²) >= 11 is 0. The summed E-state index contributed by atoms with van der Waals surface area (Å²) in [6.45, 7) is 0.464. The molecule has 2 N–H and O–H groups in total. The van der Waals surface area contributed by atoms with Crippen molar-refractivity contribution in [3.63, 3.8) is 0 Å². The molecule has 0 amide bonds. The number of H-pyrrole nitrogens is 1. The summed E-state index contributed by atoms with van der Waals surface area (Å²) in [5.41, 5.74) is -0.0822. The molecule has 0 aliphatic carbocycles. The van der Waals surface area contributed by atoms with E-state index in [9.17, 15) is 13.2 Å². The third-order valence-electron chi connectivity index (χ3n) is 2.72. The van der Waals surface area contributed by atoms with Crippen molar-refractivity contribution in [3.05, 3.63) is 47.5 Å². The van der Waals surface area contributed by atoms with Gasteiger partial charge in [0.05, 0.1) is 23.5 Å². The summed E-state index contributed by atoms with van der Waals surface area (Å²) < 4.78 is 38.3. The van der Waals surface area contributed by atoms with Crippen LogP contribution in [0.25, 0.3) is 0 Å². The third-order valence-corrected chi connectivity index (χ3v) is 2.72. The quantitative estimate of drug-likeness (QED) is 0.905. The molecule has 0 fully saturated rings. The molecule has 0 unspecified atom stereocenters. The van der Waals surface area contributed by atoms with E-state index in [0.717, 1.165) is 11.8 Å². The van der Waals surface area contributed by atoms with Crippen LogP contribution in [0.5, 0.6) is 0 Å². The molecule has 2 aromatic rings. The van der Waals surface area contributed by atoms with Crippen LogP contribution in [0.4, 0.5) is 18.9 Å². The fraction of sp³-hybridized carbons (Fsp3) is 0.231. The minimum absolute atomic E-state index is 0.329. The lowest BCUT2D eigenvalue weighted by molar-refractivity contribution is -0.137. The van der Waals surface area contributed by atoms with Crippen LogP contribution in [0.3, 0.4) is 0 Å². The Morgan fingerprint density at radius 3 is 2.75 bits per heavy atom. The number of aromatic amines is 1. The Hall–Kier alpha value is -2.49. The van der Waals surface area contributed by atoms with E-state index in [2.05, 4.69) is 15.3 Å². The van der Waals surface area contributed by atoms with Crippen molar-refractivity contribution in [2.45, 2.75) is 12.6 Å². The van der Waals surface area contributed by atoms with Gasteiger partial charge in [-0.3, -0.25) is 0 Å². The van der Waals surface area contributed by atoms with Crippen LogP contribution in [0, 0.1) is 11.3 Å². The van der Waals surface area contributed by atoms with Gasteiger partial charge in [0.1, 0.15) is 0 Å². The van der Waals surface area contributed by atoms with Gasteiger partial charge in [0.2, 0.25) is 0 Å². The van der Waals surface area contributed by atoms with E-state index in [0.29, 0.717) is 18.7 Å². The molecule has 4 nitrogen and oxygen atoms in total. The lowest BCUT2D eigenvalue weighted by Crippen LogP contribution is -2.10. The van der Waals surface area contributed by atoms with Gasteiger partial charge in [-0.15, -0.1) is 0 Å². The maximum absolute atomic E-state index is 12.8. The Bertz CT molecular complexity index is 612. The number of anilines is 1. The van der Waals surface area contributed by atoms with Gasteiger partial charge in [-0.2, -0.15) is 18.4 Å². The standard InChI is InChI=1S/C13H11F3N4/c14-13(15,16)12-5-10(2-1-9(12)6-17)19-4-3-11-7-18-8-20-11/h1-2,5,7-8,19H,3-4H2,(H,18,20). The molecule has 0 saturated carbocycles. The largest absolute Gasteiger partial charge is 0.417 e. The lowest BCUT2D eigenvalue weighted by atomic mass is 10.1. The normalized spacial score (nSPS) is 11.1. The van der Waals surface area contributed by atoms with Gasteiger partial charge in [0.15, 0.2) is 0 Å². The minimum atomic E-state index is -4.54. The molecule has 0 saturated heterocycles. The predicted octanol–water partition coefficient (Wildman–Crippen LogP) is 2.95. The molecule has 1 aromatic carbocycles. The zero-order valence-electron chi connectivity index (χ0n) is 10.3. The summed E-state index contributed by atoms with van der Waals surface area (Å²) in [6, 6.07) is 5.12. The van der Waals surface area contributed by atoms with Crippen LogP contribution >= 0.6 is 0 Å². The number of hydrogen-bond donors (Lipinski definition) is 2. The van der Waals surface area contributed by atoms with Gasteiger partial charge in [0.25, 0.3) is 0 Å². The van der Waals surface area contributed by atoms with Crippen LogP contribution in [-0.2, 0) is 12.6 Å². The predicted molar refractivity (Wildman–Crippen MR) is 66.9 cm³/mol. The van der Waals surface area contributed by atoms with Crippen molar-refractivity contribution in [1.82, 2.24) is 9.97 Å². The molecule has 0 radical (unpaired) electrons. The van der Waals surface area contributed by atoms with Crippen LogP contribution in [-0.4, -0.2) is 16.5 Å². The molecule has 1 aromatic heterocycles. The van der Waals surface area contributed by atoms with Crippen molar-refractivity contribution in [3.8, 4) is 6.07 Å². The number of nitrogens with zero attached hydrogens (tertiary/aromatic N) is 2. The van der Waals surface area contributed by atoms with E-state index < -0.39 is 11.7 Å². The van der Waals surface area contributed by atoms with Crippen molar-refractivity contribution < 1.29 is 13.2 Å². The number of benzene rings is 1. The molecule has 0 spiro atoms. The SMILES string of the molecule is N#Cc1ccc(NCCc2cnc[nH]2)cc1C(F)(F)F. The molecule has 0 aliphatic rings. The lowest BCUT2D eigenvalue weighted by Gasteiger charge is -2.12. The number of nitrogens with one attached hydrogen (secondary N) is 2. The zero-order chi connectivity index (χ0) is 14.6. The van der Waals surface area contributed by atoms with E-state index in [1.165, 1.54) is 12.1 Å². The van der Waals surface area contributed by atoms with Crippen molar-refractivity contribution in [2.24, 2.45) is 0 Å². The highest BCUT2D eigenvalue weighted by atomic mass is 19.4. The third kappa shape index (κ3) is 3.29. The molecule has 0 bridgehead atoms. The summed E-state index contributed by atoms with van der Waals surface area (Å²) in [4.78, 5) is 6.75. The van der Waals surface area contributed by atoms with Crippen LogP contribution in [0.15, 0.2) is 30.7 Å². The second-order valence-electron chi connectivity index (χ2n) is 4.12. The molecule has 0 atom stereocenters. The van der Waals surface area contributed by atoms with Gasteiger partial charge < -0.3 is 10.3 Å². The second-order valence-corrected chi connectivity index (χ2v) is 4.12. The minimum Gasteiger partial charge on any atom is -0.385 e. The Kier molecular flexibility index (Phi) is 3.94. The van der Waals surface area contributed by atoms with Crippen LogP contribution in [0.1, 0.15) is 16.8 Å². The van der Waals surface area contributed by atoms with E-state index >= 15 is 0 Å². The van der Waals surface area contributed by atoms with Crippen molar-refractivity contribution in [2.75, 3.05) is 11.9 Å². The molecular weight excluding hydrogens is 269 g/mol. The number of hydrogen-bond acceptors (Lipinski definition) is 3. The Balaban J connectivity index is 2.07. The number of alkyl halides is 3. The molecule has 2 rings (SSSR count). The van der Waals surface area contributed by atoms with E-state index in [-0.39, 0.29) is 5.56 Å². The number of imidazole rings is 1. The number of aromatic nitrogens is 2. The molecule has 0 aliphatic heterocycles. The van der Waals surface area contributed by atoms with E-state index in [1.807, 2.05) is 0 Å². The highest BCUT2D eigenvalue weighted by Crippen LogP contribution is 2.33. The summed E-state index contributed by atoms with van der Waals surface area (Å²) in [5, 5.41) is 11.6. The number of halogens is 3. The summed E-state index contributed by atoms with van der Waals surface area (Å²) in [7, 11) is 0. The first kappa shape index (κ1) is 13.9. The summed E-state index contributed by atoms with van der Waals surface area (Å²) in [6.07, 6.45) is -0.728.